The molecular weight excluding hydrogens is 220 g/mol. The second-order valence-electron chi connectivity index (χ2n) is 3.72. The van der Waals surface area contributed by atoms with Crippen LogP contribution in [0.25, 0.3) is 5.52 Å². The molecule has 2 rings (SSSR count). The Labute approximate surface area is 98.7 Å². The van der Waals surface area contributed by atoms with Crippen molar-refractivity contribution in [3.8, 4) is 5.88 Å². The lowest BCUT2D eigenvalue weighted by Gasteiger charge is -2.06. The average molecular weight is 234 g/mol. The Balaban J connectivity index is 2.76. The van der Waals surface area contributed by atoms with Gasteiger partial charge in [0, 0.05) is 6.42 Å². The molecule has 0 unspecified atom stereocenters. The molecular formula is C12H14N2O3. The maximum atomic E-state index is 11.1. The number of aryl methyl sites for hydroxylation is 1. The van der Waals surface area contributed by atoms with E-state index in [1.54, 1.807) is 29.7 Å². The average Bonchev–Trinajstić information content (AvgIpc) is 2.69. The van der Waals surface area contributed by atoms with Gasteiger partial charge < -0.3 is 9.84 Å². The lowest BCUT2D eigenvalue weighted by molar-refractivity contribution is 0.0693. The van der Waals surface area contributed by atoms with Crippen LogP contribution in [0.5, 0.6) is 5.88 Å². The molecule has 0 atom stereocenters. The molecule has 0 aliphatic heterocycles. The van der Waals surface area contributed by atoms with Crippen molar-refractivity contribution >= 4 is 11.5 Å². The van der Waals surface area contributed by atoms with Gasteiger partial charge in [-0.15, -0.1) is 0 Å². The normalized spacial score (nSPS) is 10.7. The fourth-order valence-electron chi connectivity index (χ4n) is 1.88. The maximum absolute atomic E-state index is 11.1. The van der Waals surface area contributed by atoms with Crippen LogP contribution in [0.4, 0.5) is 0 Å². The minimum absolute atomic E-state index is 0.0763. The van der Waals surface area contributed by atoms with Gasteiger partial charge in [-0.2, -0.15) is 0 Å². The van der Waals surface area contributed by atoms with Gasteiger partial charge >= 0.3 is 5.97 Å². The molecule has 5 nitrogen and oxygen atoms in total. The number of aromatic nitrogens is 2. The molecule has 0 aromatic carbocycles. The van der Waals surface area contributed by atoms with Gasteiger partial charge in [0.2, 0.25) is 0 Å². The highest BCUT2D eigenvalue weighted by Gasteiger charge is 2.18. The third-order valence-corrected chi connectivity index (χ3v) is 2.58. The van der Waals surface area contributed by atoms with Crippen molar-refractivity contribution in [3.63, 3.8) is 0 Å². The highest BCUT2D eigenvalue weighted by Crippen LogP contribution is 2.21. The topological polar surface area (TPSA) is 63.8 Å². The number of ether oxygens (including phenoxy) is 1. The fourth-order valence-corrected chi connectivity index (χ4v) is 1.88. The number of fused-ring (bicyclic) bond motifs is 1. The summed E-state index contributed by atoms with van der Waals surface area (Å²) in [4.78, 5) is 15.3. The van der Waals surface area contributed by atoms with Crippen LogP contribution in [-0.2, 0) is 6.42 Å². The van der Waals surface area contributed by atoms with Crippen molar-refractivity contribution in [2.75, 3.05) is 7.11 Å². The number of aromatic carboxylic acids is 1. The van der Waals surface area contributed by atoms with E-state index >= 15 is 0 Å². The highest BCUT2D eigenvalue weighted by atomic mass is 16.5. The number of hydrogen-bond acceptors (Lipinski definition) is 3. The summed E-state index contributed by atoms with van der Waals surface area (Å²) in [7, 11) is 1.56. The van der Waals surface area contributed by atoms with Crippen LogP contribution in [0, 0.1) is 0 Å². The lowest BCUT2D eigenvalue weighted by atomic mass is 10.3. The van der Waals surface area contributed by atoms with E-state index in [1.807, 2.05) is 6.92 Å². The standard InChI is InChI=1S/C12H14N2O3/c1-3-5-9-13-11(12(15)16)8-6-4-7-10(17-2)14(8)9/h4,6-7H,3,5H2,1-2H3,(H,15,16). The minimum Gasteiger partial charge on any atom is -0.482 e. The summed E-state index contributed by atoms with van der Waals surface area (Å²) in [6, 6.07) is 5.29. The summed E-state index contributed by atoms with van der Waals surface area (Å²) >= 11 is 0. The monoisotopic (exact) mass is 234 g/mol. The van der Waals surface area contributed by atoms with Crippen molar-refractivity contribution in [2.24, 2.45) is 0 Å². The number of methoxy groups -OCH3 is 1. The molecule has 90 valence electrons. The van der Waals surface area contributed by atoms with Gasteiger partial charge in [-0.05, 0) is 18.6 Å². The van der Waals surface area contributed by atoms with Crippen LogP contribution in [-0.4, -0.2) is 27.6 Å². The molecule has 0 spiro atoms. The van der Waals surface area contributed by atoms with Gasteiger partial charge in [0.05, 0.1) is 12.6 Å². The quantitative estimate of drug-likeness (QED) is 0.878. The molecule has 17 heavy (non-hydrogen) atoms. The van der Waals surface area contributed by atoms with Crippen molar-refractivity contribution < 1.29 is 14.6 Å². The molecule has 0 saturated heterocycles. The molecule has 0 aliphatic rings. The molecule has 0 radical (unpaired) electrons. The molecule has 1 N–H and O–H groups in total. The predicted octanol–water partition coefficient (Wildman–Crippen LogP) is 1.99. The Morgan fingerprint density at radius 1 is 1.53 bits per heavy atom. The minimum atomic E-state index is -1.02. The Hall–Kier alpha value is -2.04. The Kier molecular flexibility index (Phi) is 2.99. The largest absolute Gasteiger partial charge is 0.482 e. The first kappa shape index (κ1) is 11.4. The number of carbonyl (C=O) groups is 1. The second kappa shape index (κ2) is 4.45. The van der Waals surface area contributed by atoms with E-state index in [4.69, 9.17) is 9.84 Å². The number of carboxylic acids is 1. The van der Waals surface area contributed by atoms with Crippen LogP contribution >= 0.6 is 0 Å². The smallest absolute Gasteiger partial charge is 0.356 e. The van der Waals surface area contributed by atoms with E-state index in [0.29, 0.717) is 11.4 Å². The number of rotatable bonds is 4. The molecule has 0 saturated carbocycles. The molecule has 0 amide bonds. The predicted molar refractivity (Wildman–Crippen MR) is 62.7 cm³/mol. The zero-order chi connectivity index (χ0) is 12.4. The first-order chi connectivity index (χ1) is 8.19. The summed E-state index contributed by atoms with van der Waals surface area (Å²) in [5, 5.41) is 9.11. The van der Waals surface area contributed by atoms with E-state index in [2.05, 4.69) is 4.98 Å². The summed E-state index contributed by atoms with van der Waals surface area (Å²) in [6.07, 6.45) is 1.62. The number of nitrogens with zero attached hydrogens (tertiary/aromatic N) is 2. The number of carboxylic acid groups (broad SMARTS) is 1. The van der Waals surface area contributed by atoms with Gasteiger partial charge in [0.25, 0.3) is 0 Å². The van der Waals surface area contributed by atoms with Crippen molar-refractivity contribution in [3.05, 3.63) is 29.7 Å². The van der Waals surface area contributed by atoms with Crippen LogP contribution in [0.1, 0.15) is 29.7 Å². The van der Waals surface area contributed by atoms with E-state index in [1.165, 1.54) is 0 Å². The first-order valence-corrected chi connectivity index (χ1v) is 5.46. The second-order valence-corrected chi connectivity index (χ2v) is 3.72. The fraction of sp³-hybridized carbons (Fsp3) is 0.333. The van der Waals surface area contributed by atoms with Gasteiger partial charge in [-0.1, -0.05) is 13.0 Å². The van der Waals surface area contributed by atoms with Crippen LogP contribution in [0.3, 0.4) is 0 Å². The van der Waals surface area contributed by atoms with Crippen LogP contribution in [0.2, 0.25) is 0 Å². The zero-order valence-corrected chi connectivity index (χ0v) is 9.80. The van der Waals surface area contributed by atoms with E-state index in [9.17, 15) is 4.79 Å². The maximum Gasteiger partial charge on any atom is 0.356 e. The molecule has 0 fully saturated rings. The van der Waals surface area contributed by atoms with Gasteiger partial charge in [0.15, 0.2) is 11.6 Å². The van der Waals surface area contributed by atoms with Crippen molar-refractivity contribution in [2.45, 2.75) is 19.8 Å². The van der Waals surface area contributed by atoms with Crippen molar-refractivity contribution in [1.82, 2.24) is 9.38 Å². The molecule has 2 heterocycles. The SMILES string of the molecule is CCCc1nc(C(=O)O)c2cccc(OC)n12. The lowest BCUT2D eigenvalue weighted by Crippen LogP contribution is -1.99. The summed E-state index contributed by atoms with van der Waals surface area (Å²) in [5.74, 6) is 0.307. The van der Waals surface area contributed by atoms with Crippen LogP contribution < -0.4 is 4.74 Å². The molecule has 0 aliphatic carbocycles. The Morgan fingerprint density at radius 2 is 2.29 bits per heavy atom. The summed E-state index contributed by atoms with van der Waals surface area (Å²) in [5.41, 5.74) is 0.646. The zero-order valence-electron chi connectivity index (χ0n) is 9.80. The molecule has 0 bridgehead atoms. The molecule has 2 aromatic rings. The third kappa shape index (κ3) is 1.84. The molecule has 5 heteroatoms. The van der Waals surface area contributed by atoms with Crippen LogP contribution in [0.15, 0.2) is 18.2 Å². The highest BCUT2D eigenvalue weighted by molar-refractivity contribution is 5.93. The van der Waals surface area contributed by atoms with E-state index < -0.39 is 5.97 Å². The third-order valence-electron chi connectivity index (χ3n) is 2.58. The first-order valence-electron chi connectivity index (χ1n) is 5.46. The Morgan fingerprint density at radius 3 is 2.88 bits per heavy atom. The van der Waals surface area contributed by atoms with Gasteiger partial charge in [-0.25, -0.2) is 9.78 Å². The summed E-state index contributed by atoms with van der Waals surface area (Å²) in [6.45, 7) is 2.02. The number of imidazole rings is 1. The van der Waals surface area contributed by atoms with Gasteiger partial charge in [0.1, 0.15) is 5.82 Å². The van der Waals surface area contributed by atoms with Crippen molar-refractivity contribution in [1.29, 1.82) is 0 Å². The van der Waals surface area contributed by atoms with Gasteiger partial charge in [-0.3, -0.25) is 4.40 Å². The Bertz CT molecular complexity index is 560. The number of pyridine rings is 1. The summed E-state index contributed by atoms with van der Waals surface area (Å²) < 4.78 is 6.99. The van der Waals surface area contributed by atoms with E-state index in [-0.39, 0.29) is 5.69 Å². The molecule has 2 aromatic heterocycles. The number of hydrogen-bond donors (Lipinski definition) is 1. The van der Waals surface area contributed by atoms with E-state index in [0.717, 1.165) is 18.7 Å².